The van der Waals surface area contributed by atoms with Gasteiger partial charge in [0.2, 0.25) is 5.91 Å². The van der Waals surface area contributed by atoms with Crippen LogP contribution in [0.2, 0.25) is 0 Å². The van der Waals surface area contributed by atoms with Crippen molar-refractivity contribution in [2.45, 2.75) is 70.0 Å². The van der Waals surface area contributed by atoms with Crippen molar-refractivity contribution in [3.8, 4) is 0 Å². The Morgan fingerprint density at radius 3 is 2.74 bits per heavy atom. The smallest absolute Gasteiger partial charge is 0.240 e. The van der Waals surface area contributed by atoms with E-state index in [1.54, 1.807) is 0 Å². The molecule has 0 bridgehead atoms. The van der Waals surface area contributed by atoms with Gasteiger partial charge < -0.3 is 16.0 Å². The number of rotatable bonds is 2. The number of nitrogens with one attached hydrogen (secondary N) is 1. The van der Waals surface area contributed by atoms with Gasteiger partial charge in [-0.25, -0.2) is 0 Å². The molecule has 1 aliphatic carbocycles. The molecule has 4 atom stereocenters. The maximum absolute atomic E-state index is 12.5. The molecule has 0 aromatic rings. The van der Waals surface area contributed by atoms with E-state index in [9.17, 15) is 4.79 Å². The maximum Gasteiger partial charge on any atom is 0.240 e. The molecule has 2 rings (SSSR count). The summed E-state index contributed by atoms with van der Waals surface area (Å²) in [6, 6.07) is 0.842. The highest BCUT2D eigenvalue weighted by molar-refractivity contribution is 5.86. The van der Waals surface area contributed by atoms with Gasteiger partial charge in [-0.05, 0) is 45.6 Å². The van der Waals surface area contributed by atoms with Crippen LogP contribution in [0.5, 0.6) is 0 Å². The SMILES string of the molecule is CC1CCCC(N)(C(=O)NC2CCN(C)C(C)C2)C1. The van der Waals surface area contributed by atoms with E-state index < -0.39 is 5.54 Å². The molecule has 4 unspecified atom stereocenters. The number of carbonyl (C=O) groups excluding carboxylic acids is 1. The molecule has 0 aromatic carbocycles. The van der Waals surface area contributed by atoms with E-state index in [1.165, 1.54) is 6.42 Å². The van der Waals surface area contributed by atoms with Gasteiger partial charge >= 0.3 is 0 Å². The Kier molecular flexibility index (Phi) is 4.51. The summed E-state index contributed by atoms with van der Waals surface area (Å²) in [5, 5.41) is 3.21. The molecule has 2 fully saturated rings. The van der Waals surface area contributed by atoms with E-state index in [0.29, 0.717) is 18.0 Å². The predicted molar refractivity (Wildman–Crippen MR) is 77.8 cm³/mol. The zero-order chi connectivity index (χ0) is 14.0. The highest BCUT2D eigenvalue weighted by Gasteiger charge is 2.39. The highest BCUT2D eigenvalue weighted by Crippen LogP contribution is 2.31. The molecule has 1 amide bonds. The Morgan fingerprint density at radius 1 is 1.37 bits per heavy atom. The lowest BCUT2D eigenvalue weighted by Crippen LogP contribution is -2.59. The molecule has 1 saturated heterocycles. The summed E-state index contributed by atoms with van der Waals surface area (Å²) >= 11 is 0. The van der Waals surface area contributed by atoms with Crippen LogP contribution in [0.1, 0.15) is 52.4 Å². The van der Waals surface area contributed by atoms with Crippen molar-refractivity contribution >= 4 is 5.91 Å². The van der Waals surface area contributed by atoms with Gasteiger partial charge in [-0.3, -0.25) is 4.79 Å². The minimum atomic E-state index is -0.621. The quantitative estimate of drug-likeness (QED) is 0.797. The van der Waals surface area contributed by atoms with Crippen LogP contribution in [0.15, 0.2) is 0 Å². The van der Waals surface area contributed by atoms with E-state index in [1.807, 2.05) is 0 Å². The second kappa shape index (κ2) is 5.80. The van der Waals surface area contributed by atoms with Crippen molar-refractivity contribution in [1.82, 2.24) is 10.2 Å². The van der Waals surface area contributed by atoms with E-state index in [0.717, 1.165) is 38.6 Å². The van der Waals surface area contributed by atoms with E-state index in [4.69, 9.17) is 5.73 Å². The standard InChI is InChI=1S/C15H29N3O/c1-11-5-4-7-15(16,10-11)14(19)17-13-6-8-18(3)12(2)9-13/h11-13H,4-10,16H2,1-3H3,(H,17,19). The molecule has 4 heteroatoms. The summed E-state index contributed by atoms with van der Waals surface area (Å²) in [6.45, 7) is 5.48. The Labute approximate surface area is 117 Å². The molecule has 1 saturated carbocycles. The number of carbonyl (C=O) groups is 1. The molecule has 2 aliphatic rings. The summed E-state index contributed by atoms with van der Waals surface area (Å²) in [5.74, 6) is 0.654. The first kappa shape index (κ1) is 14.8. The third-order valence-corrected chi connectivity index (χ3v) is 5.03. The van der Waals surface area contributed by atoms with Crippen LogP contribution >= 0.6 is 0 Å². The van der Waals surface area contributed by atoms with E-state index >= 15 is 0 Å². The van der Waals surface area contributed by atoms with Crippen molar-refractivity contribution < 1.29 is 4.79 Å². The van der Waals surface area contributed by atoms with Gasteiger partial charge in [-0.1, -0.05) is 19.8 Å². The Bertz CT molecular complexity index is 333. The number of nitrogens with zero attached hydrogens (tertiary/aromatic N) is 1. The number of piperidine rings is 1. The van der Waals surface area contributed by atoms with Crippen LogP contribution in [0.4, 0.5) is 0 Å². The molecule has 19 heavy (non-hydrogen) atoms. The zero-order valence-corrected chi connectivity index (χ0v) is 12.6. The lowest BCUT2D eigenvalue weighted by atomic mass is 9.76. The molecular weight excluding hydrogens is 238 g/mol. The monoisotopic (exact) mass is 267 g/mol. The number of amides is 1. The first-order valence-corrected chi connectivity index (χ1v) is 7.71. The van der Waals surface area contributed by atoms with Crippen molar-refractivity contribution in [3.63, 3.8) is 0 Å². The summed E-state index contributed by atoms with van der Waals surface area (Å²) < 4.78 is 0. The summed E-state index contributed by atoms with van der Waals surface area (Å²) in [5.41, 5.74) is 5.73. The van der Waals surface area contributed by atoms with E-state index in [2.05, 4.69) is 31.1 Å². The second-order valence-electron chi connectivity index (χ2n) is 6.88. The van der Waals surface area contributed by atoms with Crippen LogP contribution in [-0.4, -0.2) is 42.0 Å². The minimum absolute atomic E-state index is 0.0841. The normalized spacial score (nSPS) is 40.9. The van der Waals surface area contributed by atoms with Crippen LogP contribution in [-0.2, 0) is 4.79 Å². The molecule has 4 nitrogen and oxygen atoms in total. The summed E-state index contributed by atoms with van der Waals surface area (Å²) in [7, 11) is 2.15. The number of hydrogen-bond donors (Lipinski definition) is 2. The van der Waals surface area contributed by atoms with E-state index in [-0.39, 0.29) is 5.91 Å². The highest BCUT2D eigenvalue weighted by atomic mass is 16.2. The van der Waals surface area contributed by atoms with Crippen LogP contribution in [0, 0.1) is 5.92 Å². The van der Waals surface area contributed by atoms with Crippen LogP contribution in [0.3, 0.4) is 0 Å². The van der Waals surface area contributed by atoms with Gasteiger partial charge in [0.05, 0.1) is 5.54 Å². The molecule has 1 aliphatic heterocycles. The van der Waals surface area contributed by atoms with Gasteiger partial charge in [-0.15, -0.1) is 0 Å². The fourth-order valence-electron chi connectivity index (χ4n) is 3.55. The van der Waals surface area contributed by atoms with Gasteiger partial charge in [0.15, 0.2) is 0 Å². The predicted octanol–water partition coefficient (Wildman–Crippen LogP) is 1.49. The second-order valence-corrected chi connectivity index (χ2v) is 6.88. The minimum Gasteiger partial charge on any atom is -0.352 e. The molecule has 0 radical (unpaired) electrons. The molecule has 0 spiro atoms. The fraction of sp³-hybridized carbons (Fsp3) is 0.933. The average molecular weight is 267 g/mol. The topological polar surface area (TPSA) is 58.4 Å². The third kappa shape index (κ3) is 3.48. The summed E-state index contributed by atoms with van der Waals surface area (Å²) in [4.78, 5) is 14.8. The third-order valence-electron chi connectivity index (χ3n) is 5.03. The first-order chi connectivity index (χ1) is 8.90. The van der Waals surface area contributed by atoms with Gasteiger partial charge in [0.25, 0.3) is 0 Å². The Morgan fingerprint density at radius 2 is 2.11 bits per heavy atom. The molecular formula is C15H29N3O. The van der Waals surface area contributed by atoms with Crippen molar-refractivity contribution in [1.29, 1.82) is 0 Å². The first-order valence-electron chi connectivity index (χ1n) is 7.71. The average Bonchev–Trinajstić information content (AvgIpc) is 2.33. The van der Waals surface area contributed by atoms with Crippen LogP contribution < -0.4 is 11.1 Å². The molecule has 110 valence electrons. The Hall–Kier alpha value is -0.610. The lowest BCUT2D eigenvalue weighted by molar-refractivity contribution is -0.129. The van der Waals surface area contributed by atoms with Gasteiger partial charge in [0, 0.05) is 18.6 Å². The fourth-order valence-corrected chi connectivity index (χ4v) is 3.55. The zero-order valence-electron chi connectivity index (χ0n) is 12.6. The number of likely N-dealkylation sites (tertiary alicyclic amines) is 1. The maximum atomic E-state index is 12.5. The lowest BCUT2D eigenvalue weighted by Gasteiger charge is -2.39. The largest absolute Gasteiger partial charge is 0.352 e. The number of nitrogens with two attached hydrogens (primary N) is 1. The van der Waals surface area contributed by atoms with Crippen molar-refractivity contribution in [2.24, 2.45) is 11.7 Å². The van der Waals surface area contributed by atoms with Crippen molar-refractivity contribution in [3.05, 3.63) is 0 Å². The molecule has 3 N–H and O–H groups in total. The van der Waals surface area contributed by atoms with Crippen molar-refractivity contribution in [2.75, 3.05) is 13.6 Å². The number of hydrogen-bond acceptors (Lipinski definition) is 3. The summed E-state index contributed by atoms with van der Waals surface area (Å²) in [6.07, 6.45) is 6.03. The molecule has 0 aromatic heterocycles. The van der Waals surface area contributed by atoms with Gasteiger partial charge in [0.1, 0.15) is 0 Å². The van der Waals surface area contributed by atoms with Crippen LogP contribution in [0.25, 0.3) is 0 Å². The van der Waals surface area contributed by atoms with Gasteiger partial charge in [-0.2, -0.15) is 0 Å². The Balaban J connectivity index is 1.90. The molecule has 1 heterocycles.